The standard InChI is InChI=1S/C16H16Br2ClNO2/c1-3-22-15-7-10(6-13(18)16(15)21-2)9-20-11-4-5-12(17)14(19)8-11/h4-8,20H,3,9H2,1-2H3. The van der Waals surface area contributed by atoms with Crippen LogP contribution in [0.4, 0.5) is 5.69 Å². The van der Waals surface area contributed by atoms with Gasteiger partial charge in [0.1, 0.15) is 0 Å². The second kappa shape index (κ2) is 8.09. The molecule has 0 aliphatic heterocycles. The van der Waals surface area contributed by atoms with E-state index >= 15 is 0 Å². The Kier molecular flexibility index (Phi) is 6.41. The van der Waals surface area contributed by atoms with Gasteiger partial charge in [-0.25, -0.2) is 0 Å². The number of rotatable bonds is 6. The Hall–Kier alpha value is -0.910. The largest absolute Gasteiger partial charge is 0.492 e. The van der Waals surface area contributed by atoms with Crippen LogP contribution in [0.5, 0.6) is 11.5 Å². The minimum atomic E-state index is 0.585. The van der Waals surface area contributed by atoms with Crippen LogP contribution in [0.3, 0.4) is 0 Å². The maximum atomic E-state index is 6.10. The second-order valence-electron chi connectivity index (χ2n) is 4.52. The highest BCUT2D eigenvalue weighted by molar-refractivity contribution is 9.10. The molecule has 0 amide bonds. The third kappa shape index (κ3) is 4.31. The summed E-state index contributed by atoms with van der Waals surface area (Å²) in [6.45, 7) is 3.19. The van der Waals surface area contributed by atoms with Crippen LogP contribution >= 0.6 is 43.5 Å². The number of methoxy groups -OCH3 is 1. The molecule has 0 saturated heterocycles. The first-order valence-electron chi connectivity index (χ1n) is 6.73. The molecule has 0 bridgehead atoms. The average Bonchev–Trinajstić information content (AvgIpc) is 2.49. The van der Waals surface area contributed by atoms with E-state index in [1.807, 2.05) is 37.3 Å². The Morgan fingerprint density at radius 3 is 2.55 bits per heavy atom. The van der Waals surface area contributed by atoms with Gasteiger partial charge in [0.25, 0.3) is 0 Å². The Morgan fingerprint density at radius 2 is 1.91 bits per heavy atom. The van der Waals surface area contributed by atoms with Crippen LogP contribution in [0.2, 0.25) is 5.02 Å². The summed E-state index contributed by atoms with van der Waals surface area (Å²) < 4.78 is 12.7. The van der Waals surface area contributed by atoms with Crippen LogP contribution in [0.25, 0.3) is 0 Å². The van der Waals surface area contributed by atoms with Crippen molar-refractivity contribution in [2.45, 2.75) is 13.5 Å². The summed E-state index contributed by atoms with van der Waals surface area (Å²) >= 11 is 13.0. The molecule has 0 unspecified atom stereocenters. The number of ether oxygens (including phenoxy) is 2. The Morgan fingerprint density at radius 1 is 1.14 bits per heavy atom. The molecule has 118 valence electrons. The van der Waals surface area contributed by atoms with E-state index < -0.39 is 0 Å². The van der Waals surface area contributed by atoms with Crippen LogP contribution in [0, 0.1) is 0 Å². The maximum Gasteiger partial charge on any atom is 0.174 e. The lowest BCUT2D eigenvalue weighted by molar-refractivity contribution is 0.309. The molecule has 0 saturated carbocycles. The number of nitrogens with one attached hydrogen (secondary N) is 1. The van der Waals surface area contributed by atoms with E-state index in [4.69, 9.17) is 21.1 Å². The molecule has 0 aliphatic carbocycles. The third-order valence-electron chi connectivity index (χ3n) is 2.99. The van der Waals surface area contributed by atoms with Crippen LogP contribution in [-0.4, -0.2) is 13.7 Å². The molecule has 0 atom stereocenters. The summed E-state index contributed by atoms with van der Waals surface area (Å²) in [6, 6.07) is 9.75. The first-order valence-corrected chi connectivity index (χ1v) is 8.69. The summed E-state index contributed by atoms with van der Waals surface area (Å²) in [4.78, 5) is 0. The first kappa shape index (κ1) is 17.4. The van der Waals surface area contributed by atoms with Gasteiger partial charge < -0.3 is 14.8 Å². The highest BCUT2D eigenvalue weighted by atomic mass is 79.9. The summed E-state index contributed by atoms with van der Waals surface area (Å²) in [5, 5.41) is 4.02. The number of benzene rings is 2. The minimum absolute atomic E-state index is 0.585. The SMILES string of the molecule is CCOc1cc(CNc2ccc(Br)c(Cl)c2)cc(Br)c1OC. The lowest BCUT2D eigenvalue weighted by atomic mass is 10.2. The quantitative estimate of drug-likeness (QED) is 0.597. The van der Waals surface area contributed by atoms with Crippen molar-refractivity contribution in [1.82, 2.24) is 0 Å². The zero-order chi connectivity index (χ0) is 16.1. The smallest absolute Gasteiger partial charge is 0.174 e. The monoisotopic (exact) mass is 447 g/mol. The van der Waals surface area contributed by atoms with E-state index in [0.29, 0.717) is 23.9 Å². The highest BCUT2D eigenvalue weighted by Gasteiger charge is 2.11. The molecule has 1 N–H and O–H groups in total. The molecular formula is C16H16Br2ClNO2. The van der Waals surface area contributed by atoms with Crippen molar-refractivity contribution in [2.24, 2.45) is 0 Å². The molecule has 2 rings (SSSR count). The van der Waals surface area contributed by atoms with Gasteiger partial charge in [0.2, 0.25) is 0 Å². The van der Waals surface area contributed by atoms with Gasteiger partial charge in [0.15, 0.2) is 11.5 Å². The fourth-order valence-electron chi connectivity index (χ4n) is 1.99. The van der Waals surface area contributed by atoms with Crippen LogP contribution in [0.15, 0.2) is 39.3 Å². The van der Waals surface area contributed by atoms with E-state index in [0.717, 1.165) is 25.9 Å². The highest BCUT2D eigenvalue weighted by Crippen LogP contribution is 2.36. The normalized spacial score (nSPS) is 10.4. The van der Waals surface area contributed by atoms with Gasteiger partial charge in [-0.1, -0.05) is 11.6 Å². The van der Waals surface area contributed by atoms with Crippen molar-refractivity contribution in [3.63, 3.8) is 0 Å². The predicted molar refractivity (Wildman–Crippen MR) is 98.3 cm³/mol. The van der Waals surface area contributed by atoms with E-state index in [1.165, 1.54) is 0 Å². The number of anilines is 1. The van der Waals surface area contributed by atoms with Gasteiger partial charge in [-0.2, -0.15) is 0 Å². The van der Waals surface area contributed by atoms with Crippen LogP contribution < -0.4 is 14.8 Å². The van der Waals surface area contributed by atoms with Gasteiger partial charge in [-0.3, -0.25) is 0 Å². The van der Waals surface area contributed by atoms with Crippen molar-refractivity contribution < 1.29 is 9.47 Å². The molecule has 0 radical (unpaired) electrons. The molecule has 0 fully saturated rings. The summed E-state index contributed by atoms with van der Waals surface area (Å²) in [6.07, 6.45) is 0. The Balaban J connectivity index is 2.17. The molecular weight excluding hydrogens is 433 g/mol. The number of halogens is 3. The predicted octanol–water partition coefficient (Wildman–Crippen LogP) is 5.88. The van der Waals surface area contributed by atoms with Gasteiger partial charge >= 0.3 is 0 Å². The Labute approximate surface area is 152 Å². The van der Waals surface area contributed by atoms with E-state index in [2.05, 4.69) is 37.2 Å². The molecule has 0 aliphatic rings. The molecule has 2 aromatic carbocycles. The van der Waals surface area contributed by atoms with E-state index in [-0.39, 0.29) is 0 Å². The topological polar surface area (TPSA) is 30.5 Å². The van der Waals surface area contributed by atoms with Gasteiger partial charge in [-0.05, 0) is 74.7 Å². The average molecular weight is 450 g/mol. The summed E-state index contributed by atoms with van der Waals surface area (Å²) in [5.74, 6) is 1.43. The lowest BCUT2D eigenvalue weighted by Gasteiger charge is -2.14. The lowest BCUT2D eigenvalue weighted by Crippen LogP contribution is -2.02. The fourth-order valence-corrected chi connectivity index (χ4v) is 3.07. The third-order valence-corrected chi connectivity index (χ3v) is 4.81. The molecule has 0 spiro atoms. The molecule has 3 nitrogen and oxygen atoms in total. The Bertz CT molecular complexity index is 665. The molecule has 0 aromatic heterocycles. The van der Waals surface area contributed by atoms with E-state index in [9.17, 15) is 0 Å². The molecule has 0 heterocycles. The van der Waals surface area contributed by atoms with Crippen molar-refractivity contribution in [3.05, 3.63) is 49.9 Å². The number of hydrogen-bond acceptors (Lipinski definition) is 3. The molecule has 22 heavy (non-hydrogen) atoms. The summed E-state index contributed by atoms with van der Waals surface area (Å²) in [5.41, 5.74) is 2.04. The van der Waals surface area contributed by atoms with Gasteiger partial charge in [-0.15, -0.1) is 0 Å². The van der Waals surface area contributed by atoms with Crippen LogP contribution in [0.1, 0.15) is 12.5 Å². The van der Waals surface area contributed by atoms with Gasteiger partial charge in [0, 0.05) is 16.7 Å². The fraction of sp³-hybridized carbons (Fsp3) is 0.250. The van der Waals surface area contributed by atoms with Gasteiger partial charge in [0.05, 0.1) is 23.2 Å². The first-order chi connectivity index (χ1) is 10.5. The van der Waals surface area contributed by atoms with E-state index in [1.54, 1.807) is 7.11 Å². The number of hydrogen-bond donors (Lipinski definition) is 1. The van der Waals surface area contributed by atoms with Crippen LogP contribution in [-0.2, 0) is 6.54 Å². The van der Waals surface area contributed by atoms with Crippen molar-refractivity contribution in [2.75, 3.05) is 19.0 Å². The second-order valence-corrected chi connectivity index (χ2v) is 6.64. The zero-order valence-corrected chi connectivity index (χ0v) is 16.2. The maximum absolute atomic E-state index is 6.10. The van der Waals surface area contributed by atoms with Crippen molar-refractivity contribution in [1.29, 1.82) is 0 Å². The van der Waals surface area contributed by atoms with Crippen molar-refractivity contribution in [3.8, 4) is 11.5 Å². The molecule has 6 heteroatoms. The summed E-state index contributed by atoms with van der Waals surface area (Å²) in [7, 11) is 1.63. The zero-order valence-electron chi connectivity index (χ0n) is 12.3. The molecule has 2 aromatic rings. The minimum Gasteiger partial charge on any atom is -0.492 e. The van der Waals surface area contributed by atoms with Crippen molar-refractivity contribution >= 4 is 49.1 Å².